The normalized spacial score (nSPS) is 15.8. The van der Waals surface area contributed by atoms with Crippen LogP contribution in [0.1, 0.15) is 19.7 Å². The molecule has 0 amide bonds. The Hall–Kier alpha value is -2.57. The van der Waals surface area contributed by atoms with Gasteiger partial charge in [0.05, 0.1) is 0 Å². The lowest BCUT2D eigenvalue weighted by Gasteiger charge is -2.36. The molecule has 6 nitrogen and oxygen atoms in total. The van der Waals surface area contributed by atoms with Crippen molar-refractivity contribution in [3.63, 3.8) is 0 Å². The van der Waals surface area contributed by atoms with E-state index >= 15 is 0 Å². The zero-order valence-corrected chi connectivity index (χ0v) is 15.5. The van der Waals surface area contributed by atoms with E-state index in [0.29, 0.717) is 18.4 Å². The highest BCUT2D eigenvalue weighted by Crippen LogP contribution is 2.17. The number of nitrogens with zero attached hydrogens (tertiary/aromatic N) is 5. The molecule has 26 heavy (non-hydrogen) atoms. The summed E-state index contributed by atoms with van der Waals surface area (Å²) in [5.74, 6) is 1.85. The maximum atomic E-state index is 13.1. The molecule has 2 aromatic rings. The molecule has 0 saturated carbocycles. The molecule has 0 bridgehead atoms. The summed E-state index contributed by atoms with van der Waals surface area (Å²) in [5, 5.41) is 0. The molecule has 7 heteroatoms. The van der Waals surface area contributed by atoms with Gasteiger partial charge in [0.2, 0.25) is 0 Å². The van der Waals surface area contributed by atoms with Gasteiger partial charge in [-0.1, -0.05) is 13.8 Å². The lowest BCUT2D eigenvalue weighted by molar-refractivity contribution is 0.380. The molecule has 0 aliphatic carbocycles. The molecule has 3 rings (SSSR count). The molecule has 1 aliphatic rings. The van der Waals surface area contributed by atoms with Crippen molar-refractivity contribution < 1.29 is 4.39 Å². The van der Waals surface area contributed by atoms with Gasteiger partial charge in [-0.15, -0.1) is 0 Å². The highest BCUT2D eigenvalue weighted by molar-refractivity contribution is 5.78. The van der Waals surface area contributed by atoms with Crippen LogP contribution in [0.3, 0.4) is 0 Å². The number of benzene rings is 1. The molecule has 2 heterocycles. The Kier molecular flexibility index (Phi) is 5.75. The van der Waals surface area contributed by atoms with Crippen LogP contribution in [0, 0.1) is 11.7 Å². The van der Waals surface area contributed by atoms with Crippen LogP contribution in [0.4, 0.5) is 10.1 Å². The average molecular weight is 358 g/mol. The molecule has 1 aromatic heterocycles. The van der Waals surface area contributed by atoms with E-state index in [2.05, 4.69) is 38.2 Å². The average Bonchev–Trinajstić information content (AvgIpc) is 3.07. The third-order valence-electron chi connectivity index (χ3n) is 4.54. The quantitative estimate of drug-likeness (QED) is 0.658. The van der Waals surface area contributed by atoms with Crippen LogP contribution < -0.4 is 10.6 Å². The lowest BCUT2D eigenvalue weighted by atomic mass is 10.2. The first-order chi connectivity index (χ1) is 12.5. The summed E-state index contributed by atoms with van der Waals surface area (Å²) < 4.78 is 15.2. The van der Waals surface area contributed by atoms with Gasteiger partial charge in [0, 0.05) is 50.8 Å². The fourth-order valence-electron chi connectivity index (χ4n) is 3.15. The number of hydrogen-bond donors (Lipinski definition) is 1. The van der Waals surface area contributed by atoms with Crippen LogP contribution in [0.5, 0.6) is 0 Å². The molecule has 0 atom stereocenters. The lowest BCUT2D eigenvalue weighted by Crippen LogP contribution is -2.51. The van der Waals surface area contributed by atoms with Crippen LogP contribution in [-0.2, 0) is 13.1 Å². The minimum atomic E-state index is -0.209. The van der Waals surface area contributed by atoms with Crippen LogP contribution in [0.2, 0.25) is 0 Å². The standard InChI is InChI=1S/C19H27FN6/c1-15(2)14-26-8-7-22-18(26)13-23-19(21)25-11-9-24(10-12-25)17-5-3-16(20)4-6-17/h3-8,15H,9-14H2,1-2H3,(H2,21,23). The van der Waals surface area contributed by atoms with Gasteiger partial charge in [-0.3, -0.25) is 0 Å². The van der Waals surface area contributed by atoms with Gasteiger partial charge in [0.25, 0.3) is 0 Å². The van der Waals surface area contributed by atoms with Crippen LogP contribution >= 0.6 is 0 Å². The minimum Gasteiger partial charge on any atom is -0.370 e. The summed E-state index contributed by atoms with van der Waals surface area (Å²) in [6.07, 6.45) is 3.80. The van der Waals surface area contributed by atoms with E-state index < -0.39 is 0 Å². The topological polar surface area (TPSA) is 62.7 Å². The van der Waals surface area contributed by atoms with Crippen molar-refractivity contribution in [1.82, 2.24) is 14.5 Å². The summed E-state index contributed by atoms with van der Waals surface area (Å²) in [6.45, 7) is 9.06. The number of aromatic nitrogens is 2. The second kappa shape index (κ2) is 8.21. The van der Waals surface area contributed by atoms with Gasteiger partial charge in [-0.2, -0.15) is 0 Å². The maximum absolute atomic E-state index is 13.1. The zero-order chi connectivity index (χ0) is 18.5. The summed E-state index contributed by atoms with van der Waals surface area (Å²) in [4.78, 5) is 13.3. The van der Waals surface area contributed by atoms with E-state index in [1.54, 1.807) is 0 Å². The Morgan fingerprint density at radius 1 is 1.19 bits per heavy atom. The molecule has 0 unspecified atom stereocenters. The van der Waals surface area contributed by atoms with Gasteiger partial charge < -0.3 is 20.1 Å². The maximum Gasteiger partial charge on any atom is 0.191 e. The highest BCUT2D eigenvalue weighted by Gasteiger charge is 2.18. The number of rotatable bonds is 5. The summed E-state index contributed by atoms with van der Waals surface area (Å²) in [5.41, 5.74) is 7.23. The van der Waals surface area contributed by atoms with E-state index in [-0.39, 0.29) is 5.82 Å². The van der Waals surface area contributed by atoms with Crippen molar-refractivity contribution >= 4 is 11.6 Å². The number of hydrogen-bond acceptors (Lipinski definition) is 3. The minimum absolute atomic E-state index is 0.209. The smallest absolute Gasteiger partial charge is 0.191 e. The van der Waals surface area contributed by atoms with E-state index in [9.17, 15) is 4.39 Å². The Balaban J connectivity index is 1.55. The number of guanidine groups is 1. The first-order valence-electron chi connectivity index (χ1n) is 9.08. The van der Waals surface area contributed by atoms with Crippen LogP contribution in [0.15, 0.2) is 41.7 Å². The van der Waals surface area contributed by atoms with Crippen molar-refractivity contribution in [2.45, 2.75) is 26.9 Å². The second-order valence-corrected chi connectivity index (χ2v) is 7.01. The fourth-order valence-corrected chi connectivity index (χ4v) is 3.15. The van der Waals surface area contributed by atoms with Gasteiger partial charge in [0.1, 0.15) is 18.2 Å². The zero-order valence-electron chi connectivity index (χ0n) is 15.5. The van der Waals surface area contributed by atoms with Crippen molar-refractivity contribution in [1.29, 1.82) is 0 Å². The molecule has 1 aliphatic heterocycles. The first kappa shape index (κ1) is 18.2. The number of nitrogens with two attached hydrogens (primary N) is 1. The Morgan fingerprint density at radius 3 is 2.54 bits per heavy atom. The van der Waals surface area contributed by atoms with E-state index in [1.165, 1.54) is 12.1 Å². The monoisotopic (exact) mass is 358 g/mol. The molecular formula is C19H27FN6. The van der Waals surface area contributed by atoms with Gasteiger partial charge in [-0.05, 0) is 30.2 Å². The van der Waals surface area contributed by atoms with E-state index in [1.807, 2.05) is 24.5 Å². The second-order valence-electron chi connectivity index (χ2n) is 7.01. The number of aliphatic imine (C=N–C) groups is 1. The summed E-state index contributed by atoms with van der Waals surface area (Å²) >= 11 is 0. The third kappa shape index (κ3) is 4.53. The third-order valence-corrected chi connectivity index (χ3v) is 4.54. The molecule has 1 saturated heterocycles. The van der Waals surface area contributed by atoms with Crippen LogP contribution in [-0.4, -0.2) is 46.6 Å². The van der Waals surface area contributed by atoms with Crippen molar-refractivity contribution in [3.8, 4) is 0 Å². The molecule has 0 radical (unpaired) electrons. The molecule has 1 fully saturated rings. The molecule has 0 spiro atoms. The highest BCUT2D eigenvalue weighted by atomic mass is 19.1. The number of piperazine rings is 1. The number of halogens is 1. The molecule has 1 aromatic carbocycles. The van der Waals surface area contributed by atoms with Crippen LogP contribution in [0.25, 0.3) is 0 Å². The molecule has 2 N–H and O–H groups in total. The number of anilines is 1. The van der Waals surface area contributed by atoms with Crippen molar-refractivity contribution in [2.75, 3.05) is 31.1 Å². The fraction of sp³-hybridized carbons (Fsp3) is 0.474. The first-order valence-corrected chi connectivity index (χ1v) is 9.08. The predicted octanol–water partition coefficient (Wildman–Crippen LogP) is 2.32. The van der Waals surface area contributed by atoms with Gasteiger partial charge in [-0.25, -0.2) is 14.4 Å². The largest absolute Gasteiger partial charge is 0.370 e. The van der Waals surface area contributed by atoms with Gasteiger partial charge >= 0.3 is 0 Å². The molecular weight excluding hydrogens is 331 g/mol. The predicted molar refractivity (Wildman–Crippen MR) is 103 cm³/mol. The van der Waals surface area contributed by atoms with Gasteiger partial charge in [0.15, 0.2) is 5.96 Å². The summed E-state index contributed by atoms with van der Waals surface area (Å²) in [7, 11) is 0. The number of imidazole rings is 1. The van der Waals surface area contributed by atoms with Crippen molar-refractivity contribution in [3.05, 3.63) is 48.3 Å². The Morgan fingerprint density at radius 2 is 1.88 bits per heavy atom. The van der Waals surface area contributed by atoms with E-state index in [0.717, 1.165) is 44.2 Å². The Labute approximate surface area is 154 Å². The van der Waals surface area contributed by atoms with E-state index in [4.69, 9.17) is 5.73 Å². The van der Waals surface area contributed by atoms with Crippen molar-refractivity contribution in [2.24, 2.45) is 16.6 Å². The molecule has 140 valence electrons. The Bertz CT molecular complexity index is 729. The summed E-state index contributed by atoms with van der Waals surface area (Å²) in [6, 6.07) is 6.63. The SMILES string of the molecule is CC(C)Cn1ccnc1CN=C(N)N1CCN(c2ccc(F)cc2)CC1.